The largest absolute Gasteiger partial charge is 0.336 e. The Balaban J connectivity index is 1.84. The predicted molar refractivity (Wildman–Crippen MR) is 83.3 cm³/mol. The quantitative estimate of drug-likeness (QED) is 0.940. The maximum atomic E-state index is 12.9. The van der Waals surface area contributed by atoms with E-state index >= 15 is 0 Å². The third kappa shape index (κ3) is 2.73. The second-order valence-electron chi connectivity index (χ2n) is 5.39. The summed E-state index contributed by atoms with van der Waals surface area (Å²) in [7, 11) is 1.97. The van der Waals surface area contributed by atoms with Gasteiger partial charge in [0.05, 0.1) is 5.92 Å². The molecule has 1 N–H and O–H groups in total. The number of aryl methyl sites for hydroxylation is 1. The van der Waals surface area contributed by atoms with Gasteiger partial charge < -0.3 is 14.8 Å². The first-order valence-electron chi connectivity index (χ1n) is 7.20. The third-order valence-electron chi connectivity index (χ3n) is 4.02. The van der Waals surface area contributed by atoms with Crippen molar-refractivity contribution in [3.05, 3.63) is 40.6 Å². The second kappa shape index (κ2) is 5.99. The van der Waals surface area contributed by atoms with E-state index in [0.717, 1.165) is 30.3 Å². The highest BCUT2D eigenvalue weighted by molar-refractivity contribution is 7.10. The van der Waals surface area contributed by atoms with Crippen molar-refractivity contribution < 1.29 is 4.79 Å². The van der Waals surface area contributed by atoms with Crippen molar-refractivity contribution in [3.63, 3.8) is 0 Å². The van der Waals surface area contributed by atoms with Gasteiger partial charge in [0.1, 0.15) is 11.9 Å². The van der Waals surface area contributed by atoms with Crippen molar-refractivity contribution in [1.29, 1.82) is 0 Å². The minimum atomic E-state index is -0.0918. The molecule has 2 unspecified atom stereocenters. The highest BCUT2D eigenvalue weighted by Crippen LogP contribution is 2.28. The fourth-order valence-electron chi connectivity index (χ4n) is 2.81. The molecule has 0 spiro atoms. The monoisotopic (exact) mass is 304 g/mol. The molecule has 0 radical (unpaired) electrons. The van der Waals surface area contributed by atoms with Crippen LogP contribution in [0.3, 0.4) is 0 Å². The molecule has 0 bridgehead atoms. The Labute approximate surface area is 128 Å². The standard InChI is InChI=1S/C15H20N4OS/c1-11(13-4-3-9-21-13)15(20)19-8-5-16-10-12(19)14-17-6-7-18(14)2/h3-4,6-7,9,11-12,16H,5,8,10H2,1-2H3. The number of carbonyl (C=O) groups is 1. The second-order valence-corrected chi connectivity index (χ2v) is 6.36. The lowest BCUT2D eigenvalue weighted by molar-refractivity contribution is -0.136. The van der Waals surface area contributed by atoms with Gasteiger partial charge in [0.2, 0.25) is 5.91 Å². The van der Waals surface area contributed by atoms with Gasteiger partial charge >= 0.3 is 0 Å². The van der Waals surface area contributed by atoms with Gasteiger partial charge in [0.15, 0.2) is 0 Å². The van der Waals surface area contributed by atoms with Gasteiger partial charge in [-0.2, -0.15) is 0 Å². The van der Waals surface area contributed by atoms with Crippen LogP contribution in [-0.2, 0) is 11.8 Å². The zero-order chi connectivity index (χ0) is 14.8. The molecular weight excluding hydrogens is 284 g/mol. The molecule has 1 aliphatic rings. The highest BCUT2D eigenvalue weighted by atomic mass is 32.1. The number of rotatable bonds is 3. The Kier molecular flexibility index (Phi) is 4.07. The van der Waals surface area contributed by atoms with Crippen molar-refractivity contribution in [2.45, 2.75) is 18.9 Å². The molecule has 1 amide bonds. The van der Waals surface area contributed by atoms with E-state index in [4.69, 9.17) is 0 Å². The van der Waals surface area contributed by atoms with Crippen LogP contribution in [0.15, 0.2) is 29.9 Å². The first-order chi connectivity index (χ1) is 10.2. The molecule has 2 aromatic heterocycles. The van der Waals surface area contributed by atoms with Crippen LogP contribution in [0, 0.1) is 0 Å². The number of hydrogen-bond acceptors (Lipinski definition) is 4. The molecule has 0 aromatic carbocycles. The van der Waals surface area contributed by atoms with Crippen molar-refractivity contribution in [1.82, 2.24) is 19.8 Å². The van der Waals surface area contributed by atoms with E-state index in [-0.39, 0.29) is 17.9 Å². The molecule has 2 atom stereocenters. The van der Waals surface area contributed by atoms with Crippen LogP contribution in [0.1, 0.15) is 29.6 Å². The molecular formula is C15H20N4OS. The molecule has 6 heteroatoms. The predicted octanol–water partition coefficient (Wildman–Crippen LogP) is 1.76. The number of nitrogens with zero attached hydrogens (tertiary/aromatic N) is 3. The third-order valence-corrected chi connectivity index (χ3v) is 5.08. The highest BCUT2D eigenvalue weighted by Gasteiger charge is 2.33. The summed E-state index contributed by atoms with van der Waals surface area (Å²) in [6, 6.07) is 4.04. The minimum absolute atomic E-state index is 0.00802. The molecule has 5 nitrogen and oxygen atoms in total. The summed E-state index contributed by atoms with van der Waals surface area (Å²) >= 11 is 1.64. The van der Waals surface area contributed by atoms with Gasteiger partial charge in [0, 0.05) is 44.0 Å². The summed E-state index contributed by atoms with van der Waals surface area (Å²) in [6.45, 7) is 4.31. The summed E-state index contributed by atoms with van der Waals surface area (Å²) in [5.41, 5.74) is 0. The zero-order valence-electron chi connectivity index (χ0n) is 12.3. The molecule has 2 aromatic rings. The molecule has 21 heavy (non-hydrogen) atoms. The molecule has 3 heterocycles. The topological polar surface area (TPSA) is 50.2 Å². The van der Waals surface area contributed by atoms with E-state index in [0.29, 0.717) is 0 Å². The van der Waals surface area contributed by atoms with E-state index in [1.165, 1.54) is 0 Å². The average molecular weight is 304 g/mol. The van der Waals surface area contributed by atoms with Crippen LogP contribution in [0.4, 0.5) is 0 Å². The SMILES string of the molecule is CC(C(=O)N1CCNCC1c1nccn1C)c1cccs1. The average Bonchev–Trinajstić information content (AvgIpc) is 3.17. The maximum Gasteiger partial charge on any atom is 0.231 e. The fourth-order valence-corrected chi connectivity index (χ4v) is 3.58. The maximum absolute atomic E-state index is 12.9. The van der Waals surface area contributed by atoms with Crippen molar-refractivity contribution >= 4 is 17.2 Å². The lowest BCUT2D eigenvalue weighted by atomic mass is 10.1. The lowest BCUT2D eigenvalue weighted by Gasteiger charge is -2.37. The Morgan fingerprint density at radius 2 is 2.43 bits per heavy atom. The number of nitrogens with one attached hydrogen (secondary N) is 1. The first kappa shape index (κ1) is 14.3. The van der Waals surface area contributed by atoms with Gasteiger partial charge in [-0.05, 0) is 18.4 Å². The fraction of sp³-hybridized carbons (Fsp3) is 0.467. The van der Waals surface area contributed by atoms with Gasteiger partial charge in [-0.1, -0.05) is 6.07 Å². The van der Waals surface area contributed by atoms with Crippen molar-refractivity contribution in [2.24, 2.45) is 7.05 Å². The Hall–Kier alpha value is -1.66. The van der Waals surface area contributed by atoms with Crippen LogP contribution < -0.4 is 5.32 Å². The molecule has 112 valence electrons. The molecule has 0 saturated carbocycles. The Morgan fingerprint density at radius 3 is 3.10 bits per heavy atom. The van der Waals surface area contributed by atoms with Crippen LogP contribution in [0.2, 0.25) is 0 Å². The van der Waals surface area contributed by atoms with Gasteiger partial charge in [0.25, 0.3) is 0 Å². The van der Waals surface area contributed by atoms with Crippen LogP contribution in [0.25, 0.3) is 0 Å². The van der Waals surface area contributed by atoms with E-state index in [1.807, 2.05) is 47.1 Å². The molecule has 0 aliphatic carbocycles. The molecule has 1 saturated heterocycles. The summed E-state index contributed by atoms with van der Waals surface area (Å²) < 4.78 is 1.99. The smallest absolute Gasteiger partial charge is 0.231 e. The number of hydrogen-bond donors (Lipinski definition) is 1. The van der Waals surface area contributed by atoms with E-state index in [2.05, 4.69) is 10.3 Å². The van der Waals surface area contributed by atoms with Gasteiger partial charge in [-0.15, -0.1) is 11.3 Å². The number of thiophene rings is 1. The van der Waals surface area contributed by atoms with Crippen molar-refractivity contribution in [2.75, 3.05) is 19.6 Å². The zero-order valence-corrected chi connectivity index (χ0v) is 13.1. The van der Waals surface area contributed by atoms with E-state index < -0.39 is 0 Å². The minimum Gasteiger partial charge on any atom is -0.336 e. The van der Waals surface area contributed by atoms with Crippen LogP contribution >= 0.6 is 11.3 Å². The first-order valence-corrected chi connectivity index (χ1v) is 8.08. The normalized spacial score (nSPS) is 20.5. The number of amides is 1. The summed E-state index contributed by atoms with van der Waals surface area (Å²) in [5, 5.41) is 5.39. The summed E-state index contributed by atoms with van der Waals surface area (Å²) in [5.74, 6) is 1.03. The Bertz CT molecular complexity index is 607. The molecule has 1 fully saturated rings. The lowest BCUT2D eigenvalue weighted by Crippen LogP contribution is -2.50. The van der Waals surface area contributed by atoms with Gasteiger partial charge in [-0.25, -0.2) is 4.98 Å². The summed E-state index contributed by atoms with van der Waals surface area (Å²) in [6.07, 6.45) is 3.71. The van der Waals surface area contributed by atoms with Crippen molar-refractivity contribution in [3.8, 4) is 0 Å². The van der Waals surface area contributed by atoms with E-state index in [9.17, 15) is 4.79 Å². The molecule has 1 aliphatic heterocycles. The number of imidazole rings is 1. The van der Waals surface area contributed by atoms with Crippen LogP contribution in [0.5, 0.6) is 0 Å². The number of aromatic nitrogens is 2. The number of piperazine rings is 1. The summed E-state index contributed by atoms with van der Waals surface area (Å²) in [4.78, 5) is 20.4. The van der Waals surface area contributed by atoms with E-state index in [1.54, 1.807) is 17.5 Å². The Morgan fingerprint density at radius 1 is 1.57 bits per heavy atom. The van der Waals surface area contributed by atoms with Crippen LogP contribution in [-0.4, -0.2) is 40.0 Å². The molecule has 3 rings (SSSR count). The van der Waals surface area contributed by atoms with Gasteiger partial charge in [-0.3, -0.25) is 4.79 Å². The number of carbonyl (C=O) groups excluding carboxylic acids is 1.